The van der Waals surface area contributed by atoms with Gasteiger partial charge in [-0.3, -0.25) is 4.68 Å². The highest BCUT2D eigenvalue weighted by molar-refractivity contribution is 9.10. The Morgan fingerprint density at radius 1 is 1.44 bits per heavy atom. The Hall–Kier alpha value is -1.20. The van der Waals surface area contributed by atoms with Crippen LogP contribution >= 0.6 is 15.9 Å². The molecule has 1 aromatic heterocycles. The summed E-state index contributed by atoms with van der Waals surface area (Å²) in [6.45, 7) is 1.99. The molecule has 0 saturated carbocycles. The van der Waals surface area contributed by atoms with Crippen molar-refractivity contribution in [2.24, 2.45) is 7.05 Å². The molecule has 94 valence electrons. The number of rotatable bonds is 3. The van der Waals surface area contributed by atoms with Crippen LogP contribution in [-0.2, 0) is 18.9 Å². The first-order valence-corrected chi connectivity index (χ1v) is 6.79. The molecule has 4 nitrogen and oxygen atoms in total. The molecule has 0 amide bonds. The number of nitrogens with one attached hydrogen (secondary N) is 1. The van der Waals surface area contributed by atoms with Gasteiger partial charge in [0.05, 0.1) is 0 Å². The molecule has 2 aromatic rings. The third kappa shape index (κ3) is 1.97. The van der Waals surface area contributed by atoms with E-state index in [4.69, 9.17) is 0 Å². The Morgan fingerprint density at radius 2 is 2.28 bits per heavy atom. The third-order valence-electron chi connectivity index (χ3n) is 3.67. The second kappa shape index (κ2) is 4.48. The van der Waals surface area contributed by atoms with Crippen molar-refractivity contribution in [2.45, 2.75) is 11.8 Å². The van der Waals surface area contributed by atoms with Crippen molar-refractivity contribution in [3.8, 4) is 0 Å². The largest absolute Gasteiger partial charge is 0.315 e. The van der Waals surface area contributed by atoms with Crippen LogP contribution in [0.3, 0.4) is 0 Å². The molecule has 5 heteroatoms. The Morgan fingerprint density at radius 3 is 2.83 bits per heavy atom. The average molecular weight is 307 g/mol. The van der Waals surface area contributed by atoms with Crippen LogP contribution in [0.2, 0.25) is 0 Å². The fourth-order valence-corrected chi connectivity index (χ4v) is 2.86. The summed E-state index contributed by atoms with van der Waals surface area (Å²) in [7, 11) is 1.95. The summed E-state index contributed by atoms with van der Waals surface area (Å²) in [6, 6.07) is 8.56. The van der Waals surface area contributed by atoms with Gasteiger partial charge in [0.25, 0.3) is 0 Å². The van der Waals surface area contributed by atoms with Crippen LogP contribution in [0.4, 0.5) is 0 Å². The third-order valence-corrected chi connectivity index (χ3v) is 4.16. The zero-order chi connectivity index (χ0) is 12.6. The van der Waals surface area contributed by atoms with Crippen molar-refractivity contribution in [3.05, 3.63) is 46.5 Å². The predicted molar refractivity (Wildman–Crippen MR) is 73.4 cm³/mol. The highest BCUT2D eigenvalue weighted by Crippen LogP contribution is 2.33. The molecule has 2 heterocycles. The first-order chi connectivity index (χ1) is 8.70. The zero-order valence-corrected chi connectivity index (χ0v) is 11.8. The summed E-state index contributed by atoms with van der Waals surface area (Å²) in [4.78, 5) is 4.34. The molecule has 18 heavy (non-hydrogen) atoms. The molecular formula is C13H15BrN4. The predicted octanol–water partition coefficient (Wildman–Crippen LogP) is 1.66. The van der Waals surface area contributed by atoms with E-state index in [1.165, 1.54) is 5.56 Å². The van der Waals surface area contributed by atoms with Crippen molar-refractivity contribution in [3.63, 3.8) is 0 Å². The Labute approximate surface area is 115 Å². The van der Waals surface area contributed by atoms with Crippen molar-refractivity contribution in [1.82, 2.24) is 20.1 Å². The van der Waals surface area contributed by atoms with E-state index in [-0.39, 0.29) is 5.41 Å². The molecule has 1 N–H and O–H groups in total. The molecule has 1 aliphatic heterocycles. The maximum atomic E-state index is 4.34. The second-order valence-electron chi connectivity index (χ2n) is 4.87. The maximum absolute atomic E-state index is 4.34. The van der Waals surface area contributed by atoms with Crippen LogP contribution in [0.1, 0.15) is 11.4 Å². The fraction of sp³-hybridized carbons (Fsp3) is 0.385. The number of aryl methyl sites for hydroxylation is 1. The molecule has 1 aliphatic rings. The lowest BCUT2D eigenvalue weighted by molar-refractivity contribution is 0.267. The number of aromatic nitrogens is 3. The molecule has 1 saturated heterocycles. The Balaban J connectivity index is 1.93. The molecule has 0 bridgehead atoms. The number of hydrogen-bond acceptors (Lipinski definition) is 3. The highest BCUT2D eigenvalue weighted by atomic mass is 79.9. The van der Waals surface area contributed by atoms with E-state index in [1.54, 1.807) is 6.33 Å². The minimum Gasteiger partial charge on any atom is -0.315 e. The van der Waals surface area contributed by atoms with Crippen molar-refractivity contribution in [1.29, 1.82) is 0 Å². The molecule has 0 spiro atoms. The maximum Gasteiger partial charge on any atom is 0.138 e. The van der Waals surface area contributed by atoms with E-state index in [0.717, 1.165) is 29.8 Å². The van der Waals surface area contributed by atoms with E-state index in [0.29, 0.717) is 0 Å². The molecule has 0 atom stereocenters. The Kier molecular flexibility index (Phi) is 2.95. The van der Waals surface area contributed by atoms with Gasteiger partial charge in [-0.2, -0.15) is 5.10 Å². The molecular weight excluding hydrogens is 292 g/mol. The normalized spacial score (nSPS) is 17.4. The number of hydrogen-bond donors (Lipinski definition) is 1. The van der Waals surface area contributed by atoms with Crippen LogP contribution in [-0.4, -0.2) is 27.9 Å². The highest BCUT2D eigenvalue weighted by Gasteiger charge is 2.39. The fourth-order valence-electron chi connectivity index (χ4n) is 2.46. The lowest BCUT2D eigenvalue weighted by atomic mass is 9.72. The smallest absolute Gasteiger partial charge is 0.138 e. The van der Waals surface area contributed by atoms with Gasteiger partial charge in [0.1, 0.15) is 12.2 Å². The van der Waals surface area contributed by atoms with Gasteiger partial charge < -0.3 is 5.32 Å². The lowest BCUT2D eigenvalue weighted by Crippen LogP contribution is -2.58. The summed E-state index contributed by atoms with van der Waals surface area (Å²) < 4.78 is 2.99. The lowest BCUT2D eigenvalue weighted by Gasteiger charge is -2.43. The summed E-state index contributed by atoms with van der Waals surface area (Å²) in [6.07, 6.45) is 2.54. The van der Waals surface area contributed by atoms with Crippen LogP contribution in [0, 0.1) is 0 Å². The first kappa shape index (κ1) is 11.9. The van der Waals surface area contributed by atoms with Crippen molar-refractivity contribution < 1.29 is 0 Å². The van der Waals surface area contributed by atoms with Gasteiger partial charge in [-0.25, -0.2) is 4.98 Å². The van der Waals surface area contributed by atoms with Gasteiger partial charge in [0.15, 0.2) is 0 Å². The zero-order valence-electron chi connectivity index (χ0n) is 10.2. The van der Waals surface area contributed by atoms with E-state index >= 15 is 0 Å². The minimum atomic E-state index is 0.157. The topological polar surface area (TPSA) is 42.7 Å². The summed E-state index contributed by atoms with van der Waals surface area (Å²) in [5.41, 5.74) is 1.52. The summed E-state index contributed by atoms with van der Waals surface area (Å²) >= 11 is 3.55. The van der Waals surface area contributed by atoms with E-state index < -0.39 is 0 Å². The van der Waals surface area contributed by atoms with E-state index in [1.807, 2.05) is 11.7 Å². The molecule has 1 fully saturated rings. The van der Waals surface area contributed by atoms with Crippen LogP contribution < -0.4 is 5.32 Å². The monoisotopic (exact) mass is 306 g/mol. The van der Waals surface area contributed by atoms with Gasteiger partial charge in [0, 0.05) is 36.4 Å². The standard InChI is InChI=1S/C13H15BrN4/c1-18-12(16-9-17-18)6-13(7-15-8-13)10-3-2-4-11(14)5-10/h2-5,9,15H,6-8H2,1H3. The van der Waals surface area contributed by atoms with Gasteiger partial charge in [0.2, 0.25) is 0 Å². The van der Waals surface area contributed by atoms with Gasteiger partial charge >= 0.3 is 0 Å². The SMILES string of the molecule is Cn1ncnc1CC1(c2cccc(Br)c2)CNC1. The molecule has 3 rings (SSSR count). The van der Waals surface area contributed by atoms with E-state index in [9.17, 15) is 0 Å². The number of benzene rings is 1. The molecule has 0 unspecified atom stereocenters. The summed E-state index contributed by atoms with van der Waals surface area (Å²) in [5, 5.41) is 7.53. The van der Waals surface area contributed by atoms with Crippen molar-refractivity contribution >= 4 is 15.9 Å². The van der Waals surface area contributed by atoms with Crippen molar-refractivity contribution in [2.75, 3.05) is 13.1 Å². The quantitative estimate of drug-likeness (QED) is 0.938. The van der Waals surface area contributed by atoms with Crippen LogP contribution in [0.5, 0.6) is 0 Å². The number of nitrogens with zero attached hydrogens (tertiary/aromatic N) is 3. The first-order valence-electron chi connectivity index (χ1n) is 5.99. The second-order valence-corrected chi connectivity index (χ2v) is 5.79. The minimum absolute atomic E-state index is 0.157. The van der Waals surface area contributed by atoms with Crippen LogP contribution in [0.25, 0.3) is 0 Å². The van der Waals surface area contributed by atoms with E-state index in [2.05, 4.69) is 55.6 Å². The Bertz CT molecular complexity index is 560. The van der Waals surface area contributed by atoms with Crippen LogP contribution in [0.15, 0.2) is 35.1 Å². The number of halogens is 1. The summed E-state index contributed by atoms with van der Waals surface area (Å²) in [5.74, 6) is 1.04. The average Bonchev–Trinajstić information content (AvgIpc) is 2.69. The van der Waals surface area contributed by atoms with Gasteiger partial charge in [-0.05, 0) is 17.7 Å². The molecule has 1 aromatic carbocycles. The van der Waals surface area contributed by atoms with Gasteiger partial charge in [-0.1, -0.05) is 28.1 Å². The molecule has 0 aliphatic carbocycles. The van der Waals surface area contributed by atoms with Gasteiger partial charge in [-0.15, -0.1) is 0 Å². The molecule has 0 radical (unpaired) electrons.